The van der Waals surface area contributed by atoms with Crippen molar-refractivity contribution >= 4 is 35.1 Å². The van der Waals surface area contributed by atoms with Gasteiger partial charge in [0.05, 0.1) is 29.5 Å². The Bertz CT molecular complexity index is 1280. The molecule has 0 aromatic carbocycles. The van der Waals surface area contributed by atoms with Crippen LogP contribution in [0.25, 0.3) is 5.82 Å². The second-order valence-electron chi connectivity index (χ2n) is 10.0. The molecule has 0 aliphatic carbocycles. The Labute approximate surface area is 214 Å². The average molecular weight is 510 g/mol. The second-order valence-corrected chi connectivity index (χ2v) is 10.5. The molecule has 2 aliphatic rings. The van der Waals surface area contributed by atoms with Gasteiger partial charge in [-0.05, 0) is 51.5 Å². The Morgan fingerprint density at radius 2 is 1.89 bits per heavy atom. The van der Waals surface area contributed by atoms with Crippen LogP contribution in [0, 0.1) is 0 Å². The van der Waals surface area contributed by atoms with Crippen LogP contribution < -0.4 is 9.80 Å². The largest absolute Gasteiger partial charge is 0.444 e. The van der Waals surface area contributed by atoms with Crippen LogP contribution in [0.3, 0.4) is 0 Å². The van der Waals surface area contributed by atoms with Crippen molar-refractivity contribution in [3.8, 4) is 5.82 Å². The van der Waals surface area contributed by atoms with E-state index < -0.39 is 5.60 Å². The highest BCUT2D eigenvalue weighted by molar-refractivity contribution is 6.30. The third kappa shape index (κ3) is 4.73. The monoisotopic (exact) mass is 509 g/mol. The first-order chi connectivity index (χ1) is 17.1. The highest BCUT2D eigenvalue weighted by Crippen LogP contribution is 2.30. The fraction of sp³-hybridized carbons (Fsp3) is 0.400. The molecule has 10 nitrogen and oxygen atoms in total. The Morgan fingerprint density at radius 3 is 2.53 bits per heavy atom. The minimum absolute atomic E-state index is 0.0453. The summed E-state index contributed by atoms with van der Waals surface area (Å²) >= 11 is 5.91. The molecule has 1 saturated heterocycles. The van der Waals surface area contributed by atoms with Gasteiger partial charge in [0.25, 0.3) is 5.91 Å². The van der Waals surface area contributed by atoms with Gasteiger partial charge in [0.1, 0.15) is 11.4 Å². The number of hydrogen-bond acceptors (Lipinski definition) is 7. The zero-order valence-electron chi connectivity index (χ0n) is 20.7. The van der Waals surface area contributed by atoms with E-state index in [0.717, 1.165) is 24.3 Å². The molecule has 0 saturated carbocycles. The predicted molar refractivity (Wildman–Crippen MR) is 136 cm³/mol. The lowest BCUT2D eigenvalue weighted by atomic mass is 10.2. The number of aromatic nitrogens is 4. The molecule has 2 amide bonds. The molecule has 11 heteroatoms. The second kappa shape index (κ2) is 9.09. The summed E-state index contributed by atoms with van der Waals surface area (Å²) in [5.41, 5.74) is 1.41. The third-order valence-corrected chi connectivity index (χ3v) is 6.50. The topological polar surface area (TPSA) is 96.7 Å². The number of nitrogens with zero attached hydrogens (tertiary/aromatic N) is 7. The van der Waals surface area contributed by atoms with Gasteiger partial charge in [-0.3, -0.25) is 4.79 Å². The van der Waals surface area contributed by atoms with Gasteiger partial charge in [-0.2, -0.15) is 5.10 Å². The molecule has 188 valence electrons. The number of halogens is 1. The molecule has 36 heavy (non-hydrogen) atoms. The van der Waals surface area contributed by atoms with E-state index in [2.05, 4.69) is 20.0 Å². The Balaban J connectivity index is 1.23. The summed E-state index contributed by atoms with van der Waals surface area (Å²) in [5.74, 6) is 1.23. The first-order valence-corrected chi connectivity index (χ1v) is 12.2. The Morgan fingerprint density at radius 1 is 1.14 bits per heavy atom. The number of rotatable bonds is 4. The normalized spacial score (nSPS) is 17.5. The molecule has 0 bridgehead atoms. The summed E-state index contributed by atoms with van der Waals surface area (Å²) < 4.78 is 7.09. The summed E-state index contributed by atoms with van der Waals surface area (Å²) in [4.78, 5) is 39.8. The first kappa shape index (κ1) is 24.1. The molecule has 2 aliphatic heterocycles. The highest BCUT2D eigenvalue weighted by Gasteiger charge is 2.34. The van der Waals surface area contributed by atoms with Gasteiger partial charge in [0, 0.05) is 38.1 Å². The van der Waals surface area contributed by atoms with E-state index in [1.807, 2.05) is 39.1 Å². The average Bonchev–Trinajstić information content (AvgIpc) is 3.55. The molecule has 0 spiro atoms. The van der Waals surface area contributed by atoms with Crippen LogP contribution in [-0.2, 0) is 11.3 Å². The molecule has 1 atom stereocenters. The summed E-state index contributed by atoms with van der Waals surface area (Å²) in [6.45, 7) is 7.45. The van der Waals surface area contributed by atoms with Crippen molar-refractivity contribution in [2.45, 2.75) is 45.4 Å². The van der Waals surface area contributed by atoms with Crippen LogP contribution in [0.4, 0.5) is 16.3 Å². The minimum atomic E-state index is -0.529. The number of fused-ring (bicyclic) bond motifs is 1. The molecular weight excluding hydrogens is 482 g/mol. The highest BCUT2D eigenvalue weighted by atomic mass is 35.5. The number of pyridine rings is 2. The van der Waals surface area contributed by atoms with E-state index in [1.165, 1.54) is 0 Å². The summed E-state index contributed by atoms with van der Waals surface area (Å²) in [6.07, 6.45) is 5.58. The molecule has 3 aromatic heterocycles. The van der Waals surface area contributed by atoms with Crippen LogP contribution in [-0.4, -0.2) is 68.4 Å². The van der Waals surface area contributed by atoms with E-state index in [0.29, 0.717) is 35.3 Å². The molecule has 5 rings (SSSR count). The van der Waals surface area contributed by atoms with E-state index in [1.54, 1.807) is 46.1 Å². The SMILES string of the molecule is CN(C(=O)OC(C)(C)C)[C@H]1CCN(c2ccc(N3Cc4cn(-c5ccc(Cl)cn5)nc4C3=O)cn2)C1. The third-order valence-electron chi connectivity index (χ3n) is 6.27. The van der Waals surface area contributed by atoms with Crippen molar-refractivity contribution in [3.05, 3.63) is 59.1 Å². The maximum Gasteiger partial charge on any atom is 0.410 e. The van der Waals surface area contributed by atoms with Crippen molar-refractivity contribution in [2.75, 3.05) is 29.9 Å². The van der Waals surface area contributed by atoms with Crippen molar-refractivity contribution < 1.29 is 14.3 Å². The van der Waals surface area contributed by atoms with E-state index in [-0.39, 0.29) is 18.0 Å². The Kier molecular flexibility index (Phi) is 6.07. The van der Waals surface area contributed by atoms with Crippen molar-refractivity contribution in [1.82, 2.24) is 24.6 Å². The van der Waals surface area contributed by atoms with Gasteiger partial charge in [0.2, 0.25) is 0 Å². The smallest absolute Gasteiger partial charge is 0.410 e. The van der Waals surface area contributed by atoms with Crippen LogP contribution in [0.2, 0.25) is 5.02 Å². The summed E-state index contributed by atoms with van der Waals surface area (Å²) in [5, 5.41) is 4.98. The van der Waals surface area contributed by atoms with E-state index in [4.69, 9.17) is 16.3 Å². The number of anilines is 2. The number of carbonyl (C=O) groups excluding carboxylic acids is 2. The minimum Gasteiger partial charge on any atom is -0.444 e. The lowest BCUT2D eigenvalue weighted by Crippen LogP contribution is -2.42. The summed E-state index contributed by atoms with van der Waals surface area (Å²) in [7, 11) is 1.77. The first-order valence-electron chi connectivity index (χ1n) is 11.8. The number of amides is 2. The summed E-state index contributed by atoms with van der Waals surface area (Å²) in [6, 6.07) is 7.34. The maximum absolute atomic E-state index is 13.0. The molecule has 5 heterocycles. The van der Waals surface area contributed by atoms with Crippen molar-refractivity contribution in [3.63, 3.8) is 0 Å². The number of carbonyl (C=O) groups is 2. The van der Waals surface area contributed by atoms with Crippen LogP contribution in [0.1, 0.15) is 43.2 Å². The predicted octanol–water partition coefficient (Wildman–Crippen LogP) is 3.92. The lowest BCUT2D eigenvalue weighted by molar-refractivity contribution is 0.0237. The van der Waals surface area contributed by atoms with Crippen LogP contribution in [0.15, 0.2) is 42.9 Å². The van der Waals surface area contributed by atoms with Gasteiger partial charge in [0.15, 0.2) is 11.5 Å². The van der Waals surface area contributed by atoms with Crippen LogP contribution >= 0.6 is 11.6 Å². The van der Waals surface area contributed by atoms with Gasteiger partial charge >= 0.3 is 6.09 Å². The molecular formula is C25H28ClN7O3. The van der Waals surface area contributed by atoms with Gasteiger partial charge < -0.3 is 19.4 Å². The quantitative estimate of drug-likeness (QED) is 0.525. The van der Waals surface area contributed by atoms with Gasteiger partial charge in [-0.25, -0.2) is 19.4 Å². The lowest BCUT2D eigenvalue weighted by Gasteiger charge is -2.28. The van der Waals surface area contributed by atoms with E-state index in [9.17, 15) is 9.59 Å². The number of hydrogen-bond donors (Lipinski definition) is 0. The van der Waals surface area contributed by atoms with Crippen LogP contribution in [0.5, 0.6) is 0 Å². The van der Waals surface area contributed by atoms with Gasteiger partial charge in [-0.15, -0.1) is 0 Å². The molecule has 3 aromatic rings. The number of ether oxygens (including phenoxy) is 1. The Hall–Kier alpha value is -3.66. The van der Waals surface area contributed by atoms with Gasteiger partial charge in [-0.1, -0.05) is 11.6 Å². The van der Waals surface area contributed by atoms with Crippen molar-refractivity contribution in [1.29, 1.82) is 0 Å². The number of likely N-dealkylation sites (N-methyl/N-ethyl adjacent to an activating group) is 1. The zero-order chi connectivity index (χ0) is 25.6. The molecule has 0 N–H and O–H groups in total. The fourth-order valence-electron chi connectivity index (χ4n) is 4.38. The maximum atomic E-state index is 13.0. The zero-order valence-corrected chi connectivity index (χ0v) is 21.4. The standard InChI is InChI=1S/C25H28ClN7O3/c1-25(2,3)36-24(35)30(4)19-9-10-31(15-19)20-8-6-18(12-28-20)32-13-16-14-33(29-22(16)23(32)34)21-7-5-17(26)11-27-21/h5-8,11-12,14,19H,9-10,13,15H2,1-4H3/t19-/m0/s1. The molecule has 0 unspecified atom stereocenters. The van der Waals surface area contributed by atoms with E-state index >= 15 is 0 Å². The molecule has 0 radical (unpaired) electrons. The fourth-order valence-corrected chi connectivity index (χ4v) is 4.49. The molecule has 1 fully saturated rings. The van der Waals surface area contributed by atoms with Crippen molar-refractivity contribution in [2.24, 2.45) is 0 Å².